The highest BCUT2D eigenvalue weighted by atomic mass is 35.5. The Morgan fingerprint density at radius 3 is 2.68 bits per heavy atom. The topological polar surface area (TPSA) is 39.9 Å². The number of fused-ring (bicyclic) bond motifs is 1. The van der Waals surface area contributed by atoms with Crippen molar-refractivity contribution in [3.63, 3.8) is 0 Å². The van der Waals surface area contributed by atoms with Crippen molar-refractivity contribution in [3.05, 3.63) is 71.2 Å². The van der Waals surface area contributed by atoms with Crippen LogP contribution in [0.1, 0.15) is 12.5 Å². The van der Waals surface area contributed by atoms with E-state index in [9.17, 15) is 0 Å². The average Bonchev–Trinajstić information content (AvgIpc) is 3.15. The van der Waals surface area contributed by atoms with E-state index in [0.717, 1.165) is 34.6 Å². The Balaban J connectivity index is 1.66. The van der Waals surface area contributed by atoms with Gasteiger partial charge in [0, 0.05) is 17.3 Å². The lowest BCUT2D eigenvalue weighted by Gasteiger charge is -2.11. The van der Waals surface area contributed by atoms with Crippen molar-refractivity contribution in [1.29, 1.82) is 0 Å². The van der Waals surface area contributed by atoms with Gasteiger partial charge in [-0.25, -0.2) is 0 Å². The fourth-order valence-corrected chi connectivity index (χ4v) is 4.47. The first kappa shape index (κ1) is 18.8. The molecule has 1 aromatic heterocycles. The number of rotatable bonds is 6. The average molecular weight is 410 g/mol. The lowest BCUT2D eigenvalue weighted by Crippen LogP contribution is -2.01. The highest BCUT2D eigenvalue weighted by Crippen LogP contribution is 2.34. The first-order valence-electron chi connectivity index (χ1n) is 9.07. The van der Waals surface area contributed by atoms with Gasteiger partial charge in [0.25, 0.3) is 0 Å². The van der Waals surface area contributed by atoms with E-state index in [2.05, 4.69) is 64.2 Å². The van der Waals surface area contributed by atoms with Gasteiger partial charge in [-0.05, 0) is 41.5 Å². The second kappa shape index (κ2) is 8.25. The SMILES string of the molecule is CCn1c(SCc2cccc3ccccc23)nnc1-c1cc(Cl)ccc1OC. The Morgan fingerprint density at radius 1 is 1.04 bits per heavy atom. The molecule has 142 valence electrons. The molecule has 6 heteroatoms. The normalized spacial score (nSPS) is 11.1. The third-order valence-electron chi connectivity index (χ3n) is 4.67. The van der Waals surface area contributed by atoms with Crippen molar-refractivity contribution in [2.45, 2.75) is 24.4 Å². The highest BCUT2D eigenvalue weighted by molar-refractivity contribution is 7.98. The van der Waals surface area contributed by atoms with Crippen LogP contribution in [0.5, 0.6) is 5.75 Å². The predicted octanol–water partition coefficient (Wildman–Crippen LogP) is 6.07. The Hall–Kier alpha value is -2.50. The van der Waals surface area contributed by atoms with Crippen LogP contribution in [0.4, 0.5) is 0 Å². The molecule has 3 aromatic carbocycles. The summed E-state index contributed by atoms with van der Waals surface area (Å²) in [7, 11) is 1.65. The smallest absolute Gasteiger partial charge is 0.191 e. The quantitative estimate of drug-likeness (QED) is 0.362. The van der Waals surface area contributed by atoms with Gasteiger partial charge in [0.1, 0.15) is 5.75 Å². The molecule has 4 nitrogen and oxygen atoms in total. The van der Waals surface area contributed by atoms with Crippen molar-refractivity contribution in [1.82, 2.24) is 14.8 Å². The van der Waals surface area contributed by atoms with Crippen LogP contribution in [0.15, 0.2) is 65.8 Å². The molecule has 28 heavy (non-hydrogen) atoms. The van der Waals surface area contributed by atoms with Crippen molar-refractivity contribution in [3.8, 4) is 17.1 Å². The van der Waals surface area contributed by atoms with Crippen molar-refractivity contribution in [2.24, 2.45) is 0 Å². The van der Waals surface area contributed by atoms with Crippen LogP contribution in [0.3, 0.4) is 0 Å². The summed E-state index contributed by atoms with van der Waals surface area (Å²) >= 11 is 7.89. The van der Waals surface area contributed by atoms with E-state index < -0.39 is 0 Å². The molecular weight excluding hydrogens is 390 g/mol. The fourth-order valence-electron chi connectivity index (χ4n) is 3.30. The maximum Gasteiger partial charge on any atom is 0.191 e. The van der Waals surface area contributed by atoms with Gasteiger partial charge in [0.15, 0.2) is 11.0 Å². The second-order valence-electron chi connectivity index (χ2n) is 6.32. The second-order valence-corrected chi connectivity index (χ2v) is 7.70. The first-order valence-corrected chi connectivity index (χ1v) is 10.4. The number of halogens is 1. The summed E-state index contributed by atoms with van der Waals surface area (Å²) in [5, 5.41) is 12.9. The summed E-state index contributed by atoms with van der Waals surface area (Å²) in [5.41, 5.74) is 2.14. The molecule has 0 aliphatic rings. The maximum absolute atomic E-state index is 6.20. The molecule has 0 radical (unpaired) electrons. The zero-order chi connectivity index (χ0) is 19.5. The van der Waals surface area contributed by atoms with Gasteiger partial charge in [-0.2, -0.15) is 0 Å². The zero-order valence-electron chi connectivity index (χ0n) is 15.7. The first-order chi connectivity index (χ1) is 13.7. The Kier molecular flexibility index (Phi) is 5.55. The van der Waals surface area contributed by atoms with Crippen LogP contribution >= 0.6 is 23.4 Å². The van der Waals surface area contributed by atoms with Gasteiger partial charge in [-0.15, -0.1) is 10.2 Å². The van der Waals surface area contributed by atoms with Gasteiger partial charge < -0.3 is 9.30 Å². The van der Waals surface area contributed by atoms with Crippen LogP contribution in [0.25, 0.3) is 22.2 Å². The third-order valence-corrected chi connectivity index (χ3v) is 5.92. The van der Waals surface area contributed by atoms with Gasteiger partial charge in [0.2, 0.25) is 0 Å². The molecule has 0 unspecified atom stereocenters. The monoisotopic (exact) mass is 409 g/mol. The Labute approximate surface area is 173 Å². The molecule has 4 aromatic rings. The number of nitrogens with zero attached hydrogens (tertiary/aromatic N) is 3. The molecule has 0 amide bonds. The van der Waals surface area contributed by atoms with Crippen molar-refractivity contribution >= 4 is 34.1 Å². The number of methoxy groups -OCH3 is 1. The summed E-state index contributed by atoms with van der Waals surface area (Å²) in [6.07, 6.45) is 0. The van der Waals surface area contributed by atoms with Gasteiger partial charge in [-0.1, -0.05) is 65.8 Å². The molecule has 0 aliphatic heterocycles. The van der Waals surface area contributed by atoms with Crippen molar-refractivity contribution < 1.29 is 4.74 Å². The number of hydrogen-bond donors (Lipinski definition) is 0. The Morgan fingerprint density at radius 2 is 1.86 bits per heavy atom. The van der Waals surface area contributed by atoms with Crippen LogP contribution in [0, 0.1) is 0 Å². The molecule has 0 fully saturated rings. The maximum atomic E-state index is 6.20. The van der Waals surface area contributed by atoms with Gasteiger partial charge in [-0.3, -0.25) is 0 Å². The van der Waals surface area contributed by atoms with Crippen LogP contribution in [-0.4, -0.2) is 21.9 Å². The number of benzene rings is 3. The minimum atomic E-state index is 0.645. The summed E-state index contributed by atoms with van der Waals surface area (Å²) in [6, 6.07) is 20.4. The molecule has 0 aliphatic carbocycles. The molecule has 0 atom stereocenters. The Bertz CT molecular complexity index is 1120. The number of thioether (sulfide) groups is 1. The molecule has 0 spiro atoms. The van der Waals surface area contributed by atoms with Crippen LogP contribution in [-0.2, 0) is 12.3 Å². The summed E-state index contributed by atoms with van der Waals surface area (Å²) in [4.78, 5) is 0. The lowest BCUT2D eigenvalue weighted by atomic mass is 10.1. The van der Waals surface area contributed by atoms with Crippen LogP contribution < -0.4 is 4.74 Å². The largest absolute Gasteiger partial charge is 0.496 e. The number of hydrogen-bond acceptors (Lipinski definition) is 4. The molecule has 0 saturated carbocycles. The van der Waals surface area contributed by atoms with Gasteiger partial charge >= 0.3 is 0 Å². The molecule has 4 rings (SSSR count). The highest BCUT2D eigenvalue weighted by Gasteiger charge is 2.17. The van der Waals surface area contributed by atoms with E-state index >= 15 is 0 Å². The third kappa shape index (κ3) is 3.60. The minimum absolute atomic E-state index is 0.645. The zero-order valence-corrected chi connectivity index (χ0v) is 17.3. The van der Waals surface area contributed by atoms with E-state index in [-0.39, 0.29) is 0 Å². The predicted molar refractivity (Wildman–Crippen MR) is 116 cm³/mol. The standard InChI is InChI=1S/C22H20ClN3OS/c1-3-26-21(19-13-17(23)11-12-20(19)27-2)24-25-22(26)28-14-16-9-6-8-15-7-4-5-10-18(15)16/h4-13H,3,14H2,1-2H3. The number of ether oxygens (including phenoxy) is 1. The molecular formula is C22H20ClN3OS. The molecule has 0 bridgehead atoms. The summed E-state index contributed by atoms with van der Waals surface area (Å²) in [5.74, 6) is 2.32. The van der Waals surface area contributed by atoms with E-state index in [0.29, 0.717) is 5.02 Å². The van der Waals surface area contributed by atoms with Crippen molar-refractivity contribution in [2.75, 3.05) is 7.11 Å². The minimum Gasteiger partial charge on any atom is -0.496 e. The molecule has 0 N–H and O–H groups in total. The summed E-state index contributed by atoms with van der Waals surface area (Å²) < 4.78 is 7.60. The molecule has 0 saturated heterocycles. The number of aromatic nitrogens is 3. The van der Waals surface area contributed by atoms with E-state index in [1.807, 2.05) is 18.2 Å². The summed E-state index contributed by atoms with van der Waals surface area (Å²) in [6.45, 7) is 2.85. The van der Waals surface area contributed by atoms with E-state index in [1.54, 1.807) is 18.9 Å². The van der Waals surface area contributed by atoms with Gasteiger partial charge in [0.05, 0.1) is 12.7 Å². The van der Waals surface area contributed by atoms with E-state index in [1.165, 1.54) is 16.3 Å². The van der Waals surface area contributed by atoms with Crippen LogP contribution in [0.2, 0.25) is 5.02 Å². The van der Waals surface area contributed by atoms with E-state index in [4.69, 9.17) is 16.3 Å². The molecule has 1 heterocycles. The fraction of sp³-hybridized carbons (Fsp3) is 0.182. The lowest BCUT2D eigenvalue weighted by molar-refractivity contribution is 0.416.